The molecule has 0 amide bonds. The summed E-state index contributed by atoms with van der Waals surface area (Å²) in [7, 11) is 0. The predicted octanol–water partition coefficient (Wildman–Crippen LogP) is 1.85. The summed E-state index contributed by atoms with van der Waals surface area (Å²) in [5.74, 6) is -1.07. The smallest absolute Gasteiger partial charge is 0.337 e. The Morgan fingerprint density at radius 1 is 1.42 bits per heavy atom. The molecule has 1 unspecified atom stereocenters. The maximum absolute atomic E-state index is 11.0. The summed E-state index contributed by atoms with van der Waals surface area (Å²) in [5.41, 5.74) is 13.5. The summed E-state index contributed by atoms with van der Waals surface area (Å²) in [6, 6.07) is 2.98. The van der Waals surface area contributed by atoms with E-state index in [1.54, 1.807) is 0 Å². The van der Waals surface area contributed by atoms with Gasteiger partial charge >= 0.3 is 5.97 Å². The molecule has 2 bridgehead atoms. The van der Waals surface area contributed by atoms with Crippen molar-refractivity contribution >= 4 is 23.3 Å². The molecule has 7 heteroatoms. The van der Waals surface area contributed by atoms with Crippen molar-refractivity contribution in [3.63, 3.8) is 0 Å². The lowest BCUT2D eigenvalue weighted by Gasteiger charge is -2.21. The van der Waals surface area contributed by atoms with Crippen molar-refractivity contribution in [3.8, 4) is 0 Å². The van der Waals surface area contributed by atoms with Gasteiger partial charge in [0.25, 0.3) is 0 Å². The van der Waals surface area contributed by atoms with Gasteiger partial charge in [-0.15, -0.1) is 0 Å². The molecule has 1 aromatic rings. The molecule has 0 spiro atoms. The SMILES string of the molecule is C1=CC2=CC=C1C2.NCC(N)(Cc1ncccc1C(=O)O)N=C=S. The Kier molecular flexibility index (Phi) is 5.89. The first-order chi connectivity index (χ1) is 11.5. The van der Waals surface area contributed by atoms with Gasteiger partial charge in [0.1, 0.15) is 5.66 Å². The number of isothiocyanates is 1. The number of aromatic carboxylic acids is 1. The monoisotopic (exact) mass is 342 g/mol. The van der Waals surface area contributed by atoms with Crippen molar-refractivity contribution < 1.29 is 9.90 Å². The second-order valence-electron chi connectivity index (χ2n) is 5.48. The highest BCUT2D eigenvalue weighted by atomic mass is 32.1. The number of hydrogen-bond donors (Lipinski definition) is 3. The molecule has 1 heterocycles. The lowest BCUT2D eigenvalue weighted by atomic mass is 10.0. The van der Waals surface area contributed by atoms with E-state index in [0.29, 0.717) is 5.69 Å². The van der Waals surface area contributed by atoms with Gasteiger partial charge in [-0.25, -0.2) is 9.79 Å². The summed E-state index contributed by atoms with van der Waals surface area (Å²) in [6.45, 7) is 0.0201. The maximum atomic E-state index is 11.0. The molecule has 24 heavy (non-hydrogen) atoms. The van der Waals surface area contributed by atoms with Gasteiger partial charge in [0, 0.05) is 19.2 Å². The zero-order valence-electron chi connectivity index (χ0n) is 13.0. The molecule has 0 saturated carbocycles. The van der Waals surface area contributed by atoms with Gasteiger partial charge < -0.3 is 16.6 Å². The average molecular weight is 342 g/mol. The molecular formula is C17H18N4O2S. The number of pyridine rings is 1. The van der Waals surface area contributed by atoms with Crippen molar-refractivity contribution in [2.75, 3.05) is 6.54 Å². The molecule has 1 atom stereocenters. The van der Waals surface area contributed by atoms with Crippen molar-refractivity contribution in [2.24, 2.45) is 16.5 Å². The normalized spacial score (nSPS) is 16.2. The highest BCUT2D eigenvalue weighted by molar-refractivity contribution is 7.78. The Hall–Kier alpha value is -2.44. The lowest BCUT2D eigenvalue weighted by Crippen LogP contribution is -2.47. The number of carboxylic acids is 1. The van der Waals surface area contributed by atoms with Gasteiger partial charge in [0.15, 0.2) is 0 Å². The van der Waals surface area contributed by atoms with E-state index in [-0.39, 0.29) is 18.5 Å². The van der Waals surface area contributed by atoms with Crippen LogP contribution in [0.5, 0.6) is 0 Å². The molecule has 0 fully saturated rings. The van der Waals surface area contributed by atoms with Gasteiger partial charge in [-0.3, -0.25) is 4.98 Å². The fourth-order valence-electron chi connectivity index (χ4n) is 2.32. The highest BCUT2D eigenvalue weighted by Crippen LogP contribution is 2.27. The Labute approximate surface area is 145 Å². The van der Waals surface area contributed by atoms with Gasteiger partial charge in [-0.05, 0) is 41.9 Å². The minimum atomic E-state index is -1.17. The second kappa shape index (κ2) is 7.90. The zero-order valence-corrected chi connectivity index (χ0v) is 13.8. The molecule has 0 saturated heterocycles. The molecule has 1 aromatic heterocycles. The zero-order chi connectivity index (χ0) is 17.6. The minimum absolute atomic E-state index is 0.0201. The minimum Gasteiger partial charge on any atom is -0.478 e. The van der Waals surface area contributed by atoms with Crippen LogP contribution in [-0.2, 0) is 6.42 Å². The number of aliphatic imine (C=N–C) groups is 1. The molecule has 2 aliphatic rings. The van der Waals surface area contributed by atoms with Crippen LogP contribution in [0.3, 0.4) is 0 Å². The molecule has 2 aliphatic carbocycles. The maximum Gasteiger partial charge on any atom is 0.337 e. The number of nitrogens with two attached hydrogens (primary N) is 2. The predicted molar refractivity (Wildman–Crippen MR) is 95.8 cm³/mol. The third-order valence-corrected chi connectivity index (χ3v) is 3.74. The van der Waals surface area contributed by atoms with E-state index >= 15 is 0 Å². The van der Waals surface area contributed by atoms with Crippen molar-refractivity contribution in [1.82, 2.24) is 4.98 Å². The fraction of sp³-hybridized carbons (Fsp3) is 0.235. The van der Waals surface area contributed by atoms with Crippen LogP contribution in [0.2, 0.25) is 0 Å². The van der Waals surface area contributed by atoms with E-state index in [2.05, 4.69) is 51.7 Å². The van der Waals surface area contributed by atoms with E-state index in [0.717, 1.165) is 0 Å². The third kappa shape index (κ3) is 4.53. The van der Waals surface area contributed by atoms with Gasteiger partial charge in [-0.1, -0.05) is 24.3 Å². The Balaban J connectivity index is 0.000000242. The van der Waals surface area contributed by atoms with Crippen LogP contribution in [-0.4, -0.2) is 33.4 Å². The second-order valence-corrected chi connectivity index (χ2v) is 5.67. The quantitative estimate of drug-likeness (QED) is 0.556. The molecule has 0 aliphatic heterocycles. The van der Waals surface area contributed by atoms with Crippen LogP contribution < -0.4 is 11.5 Å². The van der Waals surface area contributed by atoms with E-state index in [4.69, 9.17) is 16.6 Å². The first-order valence-corrected chi connectivity index (χ1v) is 7.71. The van der Waals surface area contributed by atoms with Gasteiger partial charge in [-0.2, -0.15) is 0 Å². The topological polar surface area (TPSA) is 115 Å². The van der Waals surface area contributed by atoms with Gasteiger partial charge in [0.2, 0.25) is 0 Å². The van der Waals surface area contributed by atoms with Crippen LogP contribution in [0.4, 0.5) is 0 Å². The molecule has 5 N–H and O–H groups in total. The summed E-state index contributed by atoms with van der Waals surface area (Å²) in [6.07, 6.45) is 11.5. The lowest BCUT2D eigenvalue weighted by molar-refractivity contribution is 0.0695. The van der Waals surface area contributed by atoms with Crippen LogP contribution in [0.15, 0.2) is 58.8 Å². The summed E-state index contributed by atoms with van der Waals surface area (Å²) in [4.78, 5) is 18.7. The highest BCUT2D eigenvalue weighted by Gasteiger charge is 2.25. The van der Waals surface area contributed by atoms with Gasteiger partial charge in [0.05, 0.1) is 16.4 Å². The number of fused-ring (bicyclic) bond motifs is 2. The number of hydrogen-bond acceptors (Lipinski definition) is 6. The molecule has 124 valence electrons. The van der Waals surface area contributed by atoms with Crippen LogP contribution in [0.25, 0.3) is 0 Å². The Morgan fingerprint density at radius 3 is 2.50 bits per heavy atom. The van der Waals surface area contributed by atoms with Crippen molar-refractivity contribution in [2.45, 2.75) is 18.5 Å². The number of thiocarbonyl (C=S) groups is 1. The van der Waals surface area contributed by atoms with Crippen molar-refractivity contribution in [1.29, 1.82) is 0 Å². The molecular weight excluding hydrogens is 324 g/mol. The molecule has 0 radical (unpaired) electrons. The number of allylic oxidation sites excluding steroid dienone is 6. The van der Waals surface area contributed by atoms with E-state index in [1.165, 1.54) is 35.9 Å². The summed E-state index contributed by atoms with van der Waals surface area (Å²) >= 11 is 4.48. The molecule has 3 rings (SSSR count). The number of rotatable bonds is 5. The number of carbonyl (C=O) groups is 1. The third-order valence-electron chi connectivity index (χ3n) is 3.65. The summed E-state index contributed by atoms with van der Waals surface area (Å²) in [5, 5.41) is 11.1. The van der Waals surface area contributed by atoms with E-state index in [1.807, 2.05) is 0 Å². The van der Waals surface area contributed by atoms with Crippen LogP contribution in [0, 0.1) is 0 Å². The molecule has 0 aromatic carbocycles. The number of carboxylic acid groups (broad SMARTS) is 1. The van der Waals surface area contributed by atoms with Crippen molar-refractivity contribution in [3.05, 3.63) is 65.0 Å². The Bertz CT molecular complexity index is 759. The van der Waals surface area contributed by atoms with Crippen LogP contribution >= 0.6 is 12.2 Å². The fourth-order valence-corrected chi connectivity index (χ4v) is 2.50. The standard InChI is InChI=1S/C10H12N4O2S.C7H6/c11-5-10(12,14-6-17)4-8-7(9(15)16)2-1-3-13-8;1-2-7-4-3-6(1)5-7/h1-3H,4-5,11-12H2,(H,15,16);1-4H,5H2. The Morgan fingerprint density at radius 2 is 2.08 bits per heavy atom. The largest absolute Gasteiger partial charge is 0.478 e. The van der Waals surface area contributed by atoms with E-state index in [9.17, 15) is 4.79 Å². The van der Waals surface area contributed by atoms with Crippen LogP contribution in [0.1, 0.15) is 22.5 Å². The number of aromatic nitrogens is 1. The first kappa shape index (κ1) is 17.9. The number of nitrogens with zero attached hydrogens (tertiary/aromatic N) is 2. The first-order valence-electron chi connectivity index (χ1n) is 7.30. The van der Waals surface area contributed by atoms with E-state index < -0.39 is 11.6 Å². The molecule has 6 nitrogen and oxygen atoms in total. The average Bonchev–Trinajstić information content (AvgIpc) is 3.21. The summed E-state index contributed by atoms with van der Waals surface area (Å²) < 4.78 is 0.